The predicted molar refractivity (Wildman–Crippen MR) is 113 cm³/mol. The van der Waals surface area contributed by atoms with Gasteiger partial charge in [0.2, 0.25) is 0 Å². The van der Waals surface area contributed by atoms with Gasteiger partial charge in [-0.25, -0.2) is 0 Å². The minimum absolute atomic E-state index is 0. The van der Waals surface area contributed by atoms with E-state index in [-0.39, 0.29) is 54.8 Å². The first-order valence-corrected chi connectivity index (χ1v) is 9.27. The van der Waals surface area contributed by atoms with E-state index in [0.29, 0.717) is 5.39 Å². The molecule has 0 aliphatic carbocycles. The van der Waals surface area contributed by atoms with Crippen LogP contribution in [0.1, 0.15) is 10.4 Å². The molecule has 0 spiro atoms. The molecule has 1 radical (unpaired) electrons. The van der Waals surface area contributed by atoms with Crippen molar-refractivity contribution in [3.8, 4) is 5.75 Å². The number of benzene rings is 3. The summed E-state index contributed by atoms with van der Waals surface area (Å²) >= 11 is 0. The standard InChI is InChI=1S/C12H7F3O2.C12H8N2.Eu/c13-12(14,15)11(17)9-6-5-7-3-1-2-4-8(7)10(9)16;1-3-9-5-6-10-4-2-8-14-12(10)11(9)13-7-1;/h1-6,16H;1-8H;. The van der Waals surface area contributed by atoms with Gasteiger partial charge in [0.1, 0.15) is 5.75 Å². The normalized spacial score (nSPS) is 11.0. The number of phenols is 1. The molecule has 2 aromatic heterocycles. The van der Waals surface area contributed by atoms with Gasteiger partial charge < -0.3 is 5.11 Å². The number of halogens is 3. The Hall–Kier alpha value is -2.42. The average Bonchev–Trinajstić information content (AvgIpc) is 2.79. The van der Waals surface area contributed by atoms with E-state index in [0.717, 1.165) is 27.9 Å². The number of rotatable bonds is 1. The fourth-order valence-electron chi connectivity index (χ4n) is 3.27. The van der Waals surface area contributed by atoms with Gasteiger partial charge in [0.25, 0.3) is 5.78 Å². The summed E-state index contributed by atoms with van der Waals surface area (Å²) in [7, 11) is 0. The van der Waals surface area contributed by atoms with Crippen LogP contribution in [0.15, 0.2) is 85.2 Å². The molecule has 32 heavy (non-hydrogen) atoms. The smallest absolute Gasteiger partial charge is 0.455 e. The first-order valence-electron chi connectivity index (χ1n) is 9.27. The first kappa shape index (κ1) is 24.2. The van der Waals surface area contributed by atoms with Gasteiger partial charge in [-0.3, -0.25) is 14.8 Å². The van der Waals surface area contributed by atoms with Crippen LogP contribution in [-0.4, -0.2) is 27.0 Å². The van der Waals surface area contributed by atoms with E-state index in [1.54, 1.807) is 30.6 Å². The average molecular weight is 572 g/mol. The van der Waals surface area contributed by atoms with Crippen LogP contribution < -0.4 is 0 Å². The molecule has 0 amide bonds. The topological polar surface area (TPSA) is 63.1 Å². The van der Waals surface area contributed by atoms with Crippen molar-refractivity contribution in [3.63, 3.8) is 0 Å². The molecule has 1 N–H and O–H groups in total. The molecule has 0 aliphatic heterocycles. The number of aromatic nitrogens is 2. The Labute approximate surface area is 221 Å². The van der Waals surface area contributed by atoms with Crippen LogP contribution in [-0.2, 0) is 0 Å². The molecule has 2 heterocycles. The third-order valence-corrected chi connectivity index (χ3v) is 4.75. The van der Waals surface area contributed by atoms with Crippen molar-refractivity contribution in [1.29, 1.82) is 0 Å². The van der Waals surface area contributed by atoms with Crippen LogP contribution in [0.5, 0.6) is 5.75 Å². The number of ketones is 1. The summed E-state index contributed by atoms with van der Waals surface area (Å²) in [5.74, 6) is -2.67. The van der Waals surface area contributed by atoms with Crippen LogP contribution in [0.4, 0.5) is 13.2 Å². The van der Waals surface area contributed by atoms with E-state index in [4.69, 9.17) is 0 Å². The number of alkyl halides is 3. The van der Waals surface area contributed by atoms with Gasteiger partial charge in [-0.2, -0.15) is 13.2 Å². The Morgan fingerprint density at radius 3 is 1.78 bits per heavy atom. The van der Waals surface area contributed by atoms with Gasteiger partial charge in [-0.05, 0) is 23.6 Å². The van der Waals surface area contributed by atoms with Crippen LogP contribution in [0.2, 0.25) is 0 Å². The van der Waals surface area contributed by atoms with Crippen molar-refractivity contribution < 1.29 is 72.4 Å². The van der Waals surface area contributed by atoms with Crippen LogP contribution in [0, 0.1) is 49.4 Å². The molecule has 0 bridgehead atoms. The van der Waals surface area contributed by atoms with E-state index < -0.39 is 23.3 Å². The second kappa shape index (κ2) is 10.0. The quantitative estimate of drug-likeness (QED) is 0.196. The summed E-state index contributed by atoms with van der Waals surface area (Å²) in [5.41, 5.74) is 1.23. The number of aromatic hydroxyl groups is 1. The zero-order valence-electron chi connectivity index (χ0n) is 16.3. The molecule has 0 saturated heterocycles. The Bertz CT molecular complexity index is 1370. The minimum atomic E-state index is -4.99. The zero-order chi connectivity index (χ0) is 22.0. The maximum Gasteiger partial charge on any atom is 0.455 e. The molecule has 0 atom stereocenters. The molecule has 0 saturated carbocycles. The number of hydrogen-bond donors (Lipinski definition) is 1. The van der Waals surface area contributed by atoms with Gasteiger partial charge >= 0.3 is 6.18 Å². The number of fused-ring (bicyclic) bond motifs is 4. The van der Waals surface area contributed by atoms with E-state index in [2.05, 4.69) is 34.2 Å². The first-order chi connectivity index (χ1) is 14.9. The van der Waals surface area contributed by atoms with Crippen molar-refractivity contribution in [3.05, 3.63) is 90.8 Å². The summed E-state index contributed by atoms with van der Waals surface area (Å²) in [6, 6.07) is 20.8. The fraction of sp³-hybridized carbons (Fsp3) is 0.0417. The molecule has 4 nitrogen and oxygen atoms in total. The van der Waals surface area contributed by atoms with Gasteiger partial charge in [0.15, 0.2) is 0 Å². The Morgan fingerprint density at radius 2 is 1.22 bits per heavy atom. The molecule has 0 aliphatic rings. The van der Waals surface area contributed by atoms with Gasteiger partial charge in [-0.15, -0.1) is 0 Å². The Morgan fingerprint density at radius 1 is 0.719 bits per heavy atom. The van der Waals surface area contributed by atoms with Crippen LogP contribution in [0.25, 0.3) is 32.6 Å². The summed E-state index contributed by atoms with van der Waals surface area (Å²) in [4.78, 5) is 19.7. The molecule has 3 aromatic carbocycles. The van der Waals surface area contributed by atoms with E-state index in [1.807, 2.05) is 12.1 Å². The monoisotopic (exact) mass is 573 g/mol. The minimum Gasteiger partial charge on any atom is -0.507 e. The maximum absolute atomic E-state index is 12.3. The summed E-state index contributed by atoms with van der Waals surface area (Å²) in [6.07, 6.45) is -1.38. The second-order valence-corrected chi connectivity index (χ2v) is 6.73. The number of phenolic OH excluding ortho intramolecular Hbond substituents is 1. The predicted octanol–water partition coefficient (Wildman–Crippen LogP) is 6.07. The number of hydrogen-bond acceptors (Lipinski definition) is 4. The SMILES string of the molecule is O=C(c1ccc2ccccc2c1O)C(F)(F)F.[Eu].c1cnc2c(c1)ccc1cccnc12. The van der Waals surface area contributed by atoms with Crippen molar-refractivity contribution in [2.45, 2.75) is 6.18 Å². The zero-order valence-corrected chi connectivity index (χ0v) is 18.8. The van der Waals surface area contributed by atoms with Gasteiger partial charge in [0, 0.05) is 77.9 Å². The van der Waals surface area contributed by atoms with Crippen molar-refractivity contribution in [1.82, 2.24) is 9.97 Å². The number of Topliss-reactive ketones (excluding diaryl/α,β-unsaturated/α-hetero) is 1. The van der Waals surface area contributed by atoms with Crippen molar-refractivity contribution in [2.24, 2.45) is 0 Å². The summed E-state index contributed by atoms with van der Waals surface area (Å²) in [6.45, 7) is 0. The Kier molecular flexibility index (Phi) is 7.59. The molecular formula is C24H15EuF3N2O2. The third kappa shape index (κ3) is 4.98. The van der Waals surface area contributed by atoms with Gasteiger partial charge in [-0.1, -0.05) is 54.6 Å². The Balaban J connectivity index is 0.000000178. The second-order valence-electron chi connectivity index (χ2n) is 6.73. The van der Waals surface area contributed by atoms with Crippen molar-refractivity contribution in [2.75, 3.05) is 0 Å². The molecule has 5 aromatic rings. The summed E-state index contributed by atoms with van der Waals surface area (Å²) < 4.78 is 36.8. The van der Waals surface area contributed by atoms with E-state index in [1.165, 1.54) is 12.1 Å². The third-order valence-electron chi connectivity index (χ3n) is 4.75. The largest absolute Gasteiger partial charge is 0.507 e. The molecule has 5 rings (SSSR count). The van der Waals surface area contributed by atoms with E-state index in [9.17, 15) is 23.1 Å². The number of carbonyl (C=O) groups is 1. The molecule has 0 fully saturated rings. The maximum atomic E-state index is 12.3. The molecule has 8 heteroatoms. The number of pyridine rings is 2. The molecular weight excluding hydrogens is 557 g/mol. The number of nitrogens with zero attached hydrogens (tertiary/aromatic N) is 2. The number of carbonyl (C=O) groups excluding carboxylic acids is 1. The van der Waals surface area contributed by atoms with E-state index >= 15 is 0 Å². The molecule has 161 valence electrons. The van der Waals surface area contributed by atoms with Crippen molar-refractivity contribution >= 4 is 38.4 Å². The van der Waals surface area contributed by atoms with Crippen LogP contribution >= 0.6 is 0 Å². The summed E-state index contributed by atoms with van der Waals surface area (Å²) in [5, 5.41) is 12.7. The van der Waals surface area contributed by atoms with Gasteiger partial charge in [0.05, 0.1) is 16.6 Å². The molecule has 0 unspecified atom stereocenters. The fourth-order valence-corrected chi connectivity index (χ4v) is 3.27. The van der Waals surface area contributed by atoms with Crippen LogP contribution in [0.3, 0.4) is 0 Å².